The molecule has 0 heterocycles. The van der Waals surface area contributed by atoms with Crippen molar-refractivity contribution in [1.82, 2.24) is 5.32 Å². The molecule has 0 radical (unpaired) electrons. The SMILES string of the molecule is CC(=CCCNCC(C)C)Cc1ccccc1Br. The number of hydrogen-bond acceptors (Lipinski definition) is 1. The van der Waals surface area contributed by atoms with Gasteiger partial charge in [0.05, 0.1) is 0 Å². The van der Waals surface area contributed by atoms with Gasteiger partial charge in [0, 0.05) is 4.47 Å². The molecule has 1 rings (SSSR count). The zero-order valence-corrected chi connectivity index (χ0v) is 13.3. The van der Waals surface area contributed by atoms with Crippen LogP contribution in [0.5, 0.6) is 0 Å². The highest BCUT2D eigenvalue weighted by Gasteiger charge is 1.99. The topological polar surface area (TPSA) is 12.0 Å². The van der Waals surface area contributed by atoms with Crippen LogP contribution in [0.1, 0.15) is 32.8 Å². The molecule has 0 aliphatic rings. The Balaban J connectivity index is 2.32. The van der Waals surface area contributed by atoms with Gasteiger partial charge in [0.2, 0.25) is 0 Å². The van der Waals surface area contributed by atoms with E-state index in [0.29, 0.717) is 0 Å². The molecule has 0 bridgehead atoms. The van der Waals surface area contributed by atoms with Gasteiger partial charge in [0.25, 0.3) is 0 Å². The van der Waals surface area contributed by atoms with E-state index in [0.717, 1.165) is 31.8 Å². The van der Waals surface area contributed by atoms with Crippen molar-refractivity contribution in [3.05, 3.63) is 46.0 Å². The van der Waals surface area contributed by atoms with Crippen molar-refractivity contribution in [2.45, 2.75) is 33.6 Å². The van der Waals surface area contributed by atoms with E-state index in [1.165, 1.54) is 15.6 Å². The van der Waals surface area contributed by atoms with Gasteiger partial charge in [0.15, 0.2) is 0 Å². The summed E-state index contributed by atoms with van der Waals surface area (Å²) in [6.45, 7) is 8.87. The minimum Gasteiger partial charge on any atom is -0.316 e. The highest BCUT2D eigenvalue weighted by molar-refractivity contribution is 9.10. The van der Waals surface area contributed by atoms with E-state index < -0.39 is 0 Å². The summed E-state index contributed by atoms with van der Waals surface area (Å²) in [5.74, 6) is 0.732. The molecule has 0 amide bonds. The summed E-state index contributed by atoms with van der Waals surface area (Å²) < 4.78 is 1.20. The second-order valence-corrected chi connectivity index (χ2v) is 6.06. The van der Waals surface area contributed by atoms with Crippen LogP contribution in [-0.4, -0.2) is 13.1 Å². The van der Waals surface area contributed by atoms with E-state index in [-0.39, 0.29) is 0 Å². The number of allylic oxidation sites excluding steroid dienone is 1. The first-order chi connectivity index (χ1) is 8.59. The standard InChI is InChI=1S/C16H24BrN/c1-13(2)12-18-10-6-7-14(3)11-15-8-4-5-9-16(15)17/h4-5,7-9,13,18H,6,10-12H2,1-3H3. The van der Waals surface area contributed by atoms with Gasteiger partial charge < -0.3 is 5.32 Å². The van der Waals surface area contributed by atoms with Crippen molar-refractivity contribution < 1.29 is 0 Å². The first-order valence-electron chi connectivity index (χ1n) is 6.69. The first-order valence-corrected chi connectivity index (χ1v) is 7.48. The van der Waals surface area contributed by atoms with Gasteiger partial charge in [-0.1, -0.05) is 59.6 Å². The van der Waals surface area contributed by atoms with Crippen LogP contribution < -0.4 is 5.32 Å². The molecule has 1 aromatic rings. The lowest BCUT2D eigenvalue weighted by atomic mass is 10.1. The molecule has 0 atom stereocenters. The highest BCUT2D eigenvalue weighted by atomic mass is 79.9. The summed E-state index contributed by atoms with van der Waals surface area (Å²) in [5, 5.41) is 3.46. The predicted octanol–water partition coefficient (Wildman–Crippen LogP) is 4.57. The first kappa shape index (κ1) is 15.5. The van der Waals surface area contributed by atoms with Crippen LogP contribution in [0.4, 0.5) is 0 Å². The molecule has 0 fully saturated rings. The molecule has 0 aliphatic heterocycles. The Morgan fingerprint density at radius 3 is 2.72 bits per heavy atom. The molecule has 0 spiro atoms. The minimum absolute atomic E-state index is 0.732. The van der Waals surface area contributed by atoms with E-state index >= 15 is 0 Å². The van der Waals surface area contributed by atoms with Gasteiger partial charge in [-0.2, -0.15) is 0 Å². The second kappa shape index (κ2) is 8.49. The molecule has 0 unspecified atom stereocenters. The summed E-state index contributed by atoms with van der Waals surface area (Å²) >= 11 is 3.59. The Kier molecular flexibility index (Phi) is 7.29. The Hall–Kier alpha value is -0.600. The summed E-state index contributed by atoms with van der Waals surface area (Å²) in [5.41, 5.74) is 2.80. The maximum absolute atomic E-state index is 3.59. The summed E-state index contributed by atoms with van der Waals surface area (Å²) in [4.78, 5) is 0. The third-order valence-electron chi connectivity index (χ3n) is 2.79. The van der Waals surface area contributed by atoms with Crippen LogP contribution in [-0.2, 0) is 6.42 Å². The molecule has 0 aromatic heterocycles. The molecule has 0 saturated carbocycles. The lowest BCUT2D eigenvalue weighted by Crippen LogP contribution is -2.20. The van der Waals surface area contributed by atoms with Crippen LogP contribution in [0.3, 0.4) is 0 Å². The number of benzene rings is 1. The molecular formula is C16H24BrN. The molecule has 1 aromatic carbocycles. The Bertz CT molecular complexity index is 382. The van der Waals surface area contributed by atoms with Crippen LogP contribution in [0.2, 0.25) is 0 Å². The molecule has 18 heavy (non-hydrogen) atoms. The number of rotatable bonds is 7. The lowest BCUT2D eigenvalue weighted by molar-refractivity contribution is 0.556. The van der Waals surface area contributed by atoms with E-state index in [2.05, 4.69) is 72.4 Å². The molecule has 0 saturated heterocycles. The third-order valence-corrected chi connectivity index (χ3v) is 3.57. The fourth-order valence-electron chi connectivity index (χ4n) is 1.83. The lowest BCUT2D eigenvalue weighted by Gasteiger charge is -2.07. The van der Waals surface area contributed by atoms with Crippen molar-refractivity contribution in [2.24, 2.45) is 5.92 Å². The number of hydrogen-bond donors (Lipinski definition) is 1. The average molecular weight is 310 g/mol. The zero-order valence-electron chi connectivity index (χ0n) is 11.7. The van der Waals surface area contributed by atoms with Crippen molar-refractivity contribution >= 4 is 15.9 Å². The fourth-order valence-corrected chi connectivity index (χ4v) is 2.25. The van der Waals surface area contributed by atoms with Gasteiger partial charge >= 0.3 is 0 Å². The summed E-state index contributed by atoms with van der Waals surface area (Å²) in [6.07, 6.45) is 4.49. The Morgan fingerprint density at radius 1 is 1.33 bits per heavy atom. The quantitative estimate of drug-likeness (QED) is 0.574. The number of nitrogens with one attached hydrogen (secondary N) is 1. The molecule has 1 N–H and O–H groups in total. The molecule has 1 nitrogen and oxygen atoms in total. The fraction of sp³-hybridized carbons (Fsp3) is 0.500. The van der Waals surface area contributed by atoms with Gasteiger partial charge in [0.1, 0.15) is 0 Å². The van der Waals surface area contributed by atoms with Gasteiger partial charge in [-0.05, 0) is 50.4 Å². The van der Waals surface area contributed by atoms with E-state index in [1.807, 2.05) is 0 Å². The minimum atomic E-state index is 0.732. The van der Waals surface area contributed by atoms with Crippen molar-refractivity contribution in [3.63, 3.8) is 0 Å². The van der Waals surface area contributed by atoms with Gasteiger partial charge in [-0.25, -0.2) is 0 Å². The van der Waals surface area contributed by atoms with E-state index in [1.54, 1.807) is 0 Å². The molecule has 2 heteroatoms. The van der Waals surface area contributed by atoms with E-state index in [9.17, 15) is 0 Å². The van der Waals surface area contributed by atoms with Gasteiger partial charge in [-0.3, -0.25) is 0 Å². The Morgan fingerprint density at radius 2 is 2.06 bits per heavy atom. The van der Waals surface area contributed by atoms with Crippen LogP contribution in [0.25, 0.3) is 0 Å². The predicted molar refractivity (Wildman–Crippen MR) is 83.9 cm³/mol. The maximum atomic E-state index is 3.59. The summed E-state index contributed by atoms with van der Waals surface area (Å²) in [7, 11) is 0. The normalized spacial score (nSPS) is 12.2. The molecule has 0 aliphatic carbocycles. The van der Waals surface area contributed by atoms with Crippen LogP contribution >= 0.6 is 15.9 Å². The van der Waals surface area contributed by atoms with Crippen molar-refractivity contribution in [2.75, 3.05) is 13.1 Å². The third kappa shape index (κ3) is 6.36. The average Bonchev–Trinajstić information content (AvgIpc) is 2.31. The summed E-state index contributed by atoms with van der Waals surface area (Å²) in [6, 6.07) is 8.44. The number of halogens is 1. The largest absolute Gasteiger partial charge is 0.316 e. The monoisotopic (exact) mass is 309 g/mol. The van der Waals surface area contributed by atoms with Gasteiger partial charge in [-0.15, -0.1) is 0 Å². The highest BCUT2D eigenvalue weighted by Crippen LogP contribution is 2.19. The van der Waals surface area contributed by atoms with Crippen molar-refractivity contribution in [1.29, 1.82) is 0 Å². The zero-order chi connectivity index (χ0) is 13.4. The van der Waals surface area contributed by atoms with Crippen LogP contribution in [0.15, 0.2) is 40.4 Å². The molecule has 100 valence electrons. The van der Waals surface area contributed by atoms with Crippen molar-refractivity contribution in [3.8, 4) is 0 Å². The Labute approximate surface area is 120 Å². The van der Waals surface area contributed by atoms with Crippen LogP contribution in [0, 0.1) is 5.92 Å². The smallest absolute Gasteiger partial charge is 0.0210 e. The van der Waals surface area contributed by atoms with E-state index in [4.69, 9.17) is 0 Å². The maximum Gasteiger partial charge on any atom is 0.0210 e. The second-order valence-electron chi connectivity index (χ2n) is 5.21. The molecular weight excluding hydrogens is 286 g/mol.